The minimum atomic E-state index is -0.114. The Morgan fingerprint density at radius 2 is 1.60 bits per heavy atom. The number of carbonyl (C=O) groups is 1. The Morgan fingerprint density at radius 3 is 2.17 bits per heavy atom. The molecule has 1 atom stereocenters. The molecule has 0 N–H and O–H groups in total. The van der Waals surface area contributed by atoms with Gasteiger partial charge in [0.05, 0.1) is 5.41 Å². The monoisotopic (exact) mass is 412 g/mol. The molecular formula is C26H40N2O2. The predicted octanol–water partition coefficient (Wildman–Crippen LogP) is 5.32. The minimum absolute atomic E-state index is 0.0985. The van der Waals surface area contributed by atoms with Crippen molar-refractivity contribution in [3.63, 3.8) is 0 Å². The average Bonchev–Trinajstić information content (AvgIpc) is 3.33. The van der Waals surface area contributed by atoms with E-state index in [0.29, 0.717) is 11.8 Å². The summed E-state index contributed by atoms with van der Waals surface area (Å²) in [6, 6.07) is 6.85. The molecule has 3 fully saturated rings. The number of hydrogen-bond donors (Lipinski definition) is 0. The number of para-hydroxylation sites is 1. The van der Waals surface area contributed by atoms with Gasteiger partial charge in [-0.1, -0.05) is 58.7 Å². The number of esters is 1. The molecule has 4 heteroatoms. The molecular weight excluding hydrogens is 372 g/mol. The fraction of sp³-hybridized carbons (Fsp3) is 0.731. The first-order valence-electron chi connectivity index (χ1n) is 12.2. The zero-order valence-electron chi connectivity index (χ0n) is 19.5. The molecule has 30 heavy (non-hydrogen) atoms. The van der Waals surface area contributed by atoms with Gasteiger partial charge in [0, 0.05) is 44.8 Å². The number of cyclic esters (lactones) is 1. The third-order valence-electron chi connectivity index (χ3n) is 7.68. The van der Waals surface area contributed by atoms with Crippen LogP contribution in [0.1, 0.15) is 89.2 Å². The Balaban J connectivity index is 1.33. The van der Waals surface area contributed by atoms with Crippen LogP contribution in [0.2, 0.25) is 0 Å². The normalized spacial score (nSPS) is 24.4. The van der Waals surface area contributed by atoms with Crippen molar-refractivity contribution in [2.45, 2.75) is 84.2 Å². The van der Waals surface area contributed by atoms with E-state index < -0.39 is 0 Å². The smallest absolute Gasteiger partial charge is 0.312 e. The molecule has 1 unspecified atom stereocenters. The van der Waals surface area contributed by atoms with E-state index in [4.69, 9.17) is 4.74 Å². The van der Waals surface area contributed by atoms with Crippen molar-refractivity contribution in [2.24, 2.45) is 5.41 Å². The molecule has 1 saturated carbocycles. The van der Waals surface area contributed by atoms with Crippen molar-refractivity contribution in [3.05, 3.63) is 29.3 Å². The molecule has 2 saturated heterocycles. The largest absolute Gasteiger partial charge is 0.462 e. The van der Waals surface area contributed by atoms with Gasteiger partial charge in [-0.25, -0.2) is 0 Å². The van der Waals surface area contributed by atoms with Crippen molar-refractivity contribution in [3.8, 4) is 0 Å². The molecule has 0 amide bonds. The van der Waals surface area contributed by atoms with Crippen molar-refractivity contribution in [2.75, 3.05) is 37.6 Å². The highest BCUT2D eigenvalue weighted by molar-refractivity contribution is 5.79. The fourth-order valence-corrected chi connectivity index (χ4v) is 5.86. The van der Waals surface area contributed by atoms with Crippen molar-refractivity contribution >= 4 is 11.7 Å². The summed E-state index contributed by atoms with van der Waals surface area (Å²) < 4.78 is 5.79. The Labute approximate surface area is 183 Å². The highest BCUT2D eigenvalue weighted by Gasteiger charge is 2.50. The van der Waals surface area contributed by atoms with E-state index in [0.717, 1.165) is 58.4 Å². The Kier molecular flexibility index (Phi) is 6.43. The van der Waals surface area contributed by atoms with Crippen molar-refractivity contribution in [1.82, 2.24) is 4.90 Å². The molecule has 1 aliphatic carbocycles. The van der Waals surface area contributed by atoms with Crippen LogP contribution in [-0.4, -0.2) is 49.7 Å². The summed E-state index contributed by atoms with van der Waals surface area (Å²) in [6.07, 6.45) is 6.59. The maximum Gasteiger partial charge on any atom is 0.312 e. The summed E-state index contributed by atoms with van der Waals surface area (Å²) >= 11 is 0. The molecule has 4 rings (SSSR count). The molecule has 0 aromatic heterocycles. The second kappa shape index (κ2) is 8.90. The van der Waals surface area contributed by atoms with Gasteiger partial charge < -0.3 is 9.64 Å². The summed E-state index contributed by atoms with van der Waals surface area (Å²) in [7, 11) is 0. The molecule has 3 aliphatic rings. The minimum Gasteiger partial charge on any atom is -0.462 e. The lowest BCUT2D eigenvalue weighted by Crippen LogP contribution is -2.47. The van der Waals surface area contributed by atoms with Gasteiger partial charge in [-0.2, -0.15) is 0 Å². The molecule has 166 valence electrons. The quantitative estimate of drug-likeness (QED) is 0.592. The number of nitrogens with zero attached hydrogens (tertiary/aromatic N) is 2. The number of rotatable bonds is 6. The maximum atomic E-state index is 12.4. The van der Waals surface area contributed by atoms with Crippen LogP contribution in [0.4, 0.5) is 5.69 Å². The van der Waals surface area contributed by atoms with E-state index in [1.54, 1.807) is 0 Å². The summed E-state index contributed by atoms with van der Waals surface area (Å²) in [5.41, 5.74) is 4.33. The highest BCUT2D eigenvalue weighted by atomic mass is 16.6. The Hall–Kier alpha value is -1.55. The molecule has 4 nitrogen and oxygen atoms in total. The zero-order valence-corrected chi connectivity index (χ0v) is 19.5. The highest BCUT2D eigenvalue weighted by Crippen LogP contribution is 2.48. The number of ether oxygens (including phenoxy) is 1. The predicted molar refractivity (Wildman–Crippen MR) is 123 cm³/mol. The van der Waals surface area contributed by atoms with E-state index in [-0.39, 0.29) is 17.5 Å². The number of hydrogen-bond acceptors (Lipinski definition) is 4. The maximum absolute atomic E-state index is 12.4. The first-order valence-corrected chi connectivity index (χ1v) is 12.2. The third kappa shape index (κ3) is 4.26. The molecule has 0 radical (unpaired) electrons. The molecule has 1 spiro atoms. The number of anilines is 1. The SMILES string of the molecule is CC(C)c1cccc(C(C)C)c1N1CCN(CCC2CC3(CCCC3)C(=O)O2)CC1. The van der Waals surface area contributed by atoms with Gasteiger partial charge in [0.15, 0.2) is 0 Å². The van der Waals surface area contributed by atoms with Crippen LogP contribution in [0.15, 0.2) is 18.2 Å². The van der Waals surface area contributed by atoms with Crippen LogP contribution < -0.4 is 4.90 Å². The van der Waals surface area contributed by atoms with Gasteiger partial charge >= 0.3 is 5.97 Å². The zero-order chi connectivity index (χ0) is 21.3. The second-order valence-electron chi connectivity index (χ2n) is 10.4. The molecule has 0 bridgehead atoms. The van der Waals surface area contributed by atoms with Gasteiger partial charge in [-0.15, -0.1) is 0 Å². The number of carbonyl (C=O) groups excluding carboxylic acids is 1. The standard InChI is InChI=1S/C26H40N2O2/c1-19(2)22-8-7-9-23(20(3)4)24(22)28-16-14-27(15-17-28)13-10-21-18-26(25(29)30-21)11-5-6-12-26/h7-9,19-21H,5-6,10-18H2,1-4H3. The molecule has 2 heterocycles. The van der Waals surface area contributed by atoms with E-state index in [2.05, 4.69) is 55.7 Å². The first-order chi connectivity index (χ1) is 14.4. The fourth-order valence-electron chi connectivity index (χ4n) is 5.86. The topological polar surface area (TPSA) is 32.8 Å². The van der Waals surface area contributed by atoms with Crippen LogP contribution >= 0.6 is 0 Å². The van der Waals surface area contributed by atoms with Gasteiger partial charge in [-0.05, 0) is 42.2 Å². The number of benzene rings is 1. The van der Waals surface area contributed by atoms with Crippen LogP contribution in [0, 0.1) is 5.41 Å². The van der Waals surface area contributed by atoms with Gasteiger partial charge in [0.2, 0.25) is 0 Å². The molecule has 1 aromatic carbocycles. The van der Waals surface area contributed by atoms with Gasteiger partial charge in [-0.3, -0.25) is 9.69 Å². The lowest BCUT2D eigenvalue weighted by atomic mass is 9.83. The lowest BCUT2D eigenvalue weighted by molar-refractivity contribution is -0.148. The Bertz CT molecular complexity index is 717. The van der Waals surface area contributed by atoms with E-state index in [1.807, 2.05) is 0 Å². The van der Waals surface area contributed by atoms with Gasteiger partial charge in [0.1, 0.15) is 6.10 Å². The van der Waals surface area contributed by atoms with Crippen molar-refractivity contribution in [1.29, 1.82) is 0 Å². The first kappa shape index (κ1) is 21.7. The van der Waals surface area contributed by atoms with Crippen LogP contribution in [-0.2, 0) is 9.53 Å². The average molecular weight is 413 g/mol. The van der Waals surface area contributed by atoms with Crippen LogP contribution in [0.25, 0.3) is 0 Å². The van der Waals surface area contributed by atoms with E-state index in [9.17, 15) is 4.79 Å². The Morgan fingerprint density at radius 1 is 1.00 bits per heavy atom. The van der Waals surface area contributed by atoms with E-state index in [1.165, 1.54) is 29.7 Å². The van der Waals surface area contributed by atoms with Crippen LogP contribution in [0.3, 0.4) is 0 Å². The second-order valence-corrected chi connectivity index (χ2v) is 10.4. The van der Waals surface area contributed by atoms with E-state index >= 15 is 0 Å². The van der Waals surface area contributed by atoms with Crippen molar-refractivity contribution < 1.29 is 9.53 Å². The number of piperazine rings is 1. The third-order valence-corrected chi connectivity index (χ3v) is 7.68. The summed E-state index contributed by atoms with van der Waals surface area (Å²) in [4.78, 5) is 17.6. The van der Waals surface area contributed by atoms with Gasteiger partial charge in [0.25, 0.3) is 0 Å². The van der Waals surface area contributed by atoms with Crippen LogP contribution in [0.5, 0.6) is 0 Å². The summed E-state index contributed by atoms with van der Waals surface area (Å²) in [6.45, 7) is 14.6. The molecule has 2 aliphatic heterocycles. The molecule has 1 aromatic rings. The summed E-state index contributed by atoms with van der Waals surface area (Å²) in [5, 5.41) is 0. The summed E-state index contributed by atoms with van der Waals surface area (Å²) in [5.74, 6) is 1.18. The lowest BCUT2D eigenvalue weighted by Gasteiger charge is -2.39.